The van der Waals surface area contributed by atoms with Gasteiger partial charge in [-0.15, -0.1) is 0 Å². The van der Waals surface area contributed by atoms with Crippen LogP contribution >= 0.6 is 0 Å². The second kappa shape index (κ2) is 34.4. The molecule has 16 atom stereocenters. The van der Waals surface area contributed by atoms with E-state index >= 15 is 0 Å². The van der Waals surface area contributed by atoms with Gasteiger partial charge in [-0.2, -0.15) is 0 Å². The Morgan fingerprint density at radius 1 is 0.326 bits per heavy atom. The van der Waals surface area contributed by atoms with E-state index in [4.69, 9.17) is 56.8 Å². The maximum Gasteiger partial charge on any atom is 0.187 e. The minimum absolute atomic E-state index is 0.0204. The van der Waals surface area contributed by atoms with Gasteiger partial charge in [-0.3, -0.25) is 0 Å². The second-order valence-electron chi connectivity index (χ2n) is 23.0. The average molecular weight is 1250 g/mol. The Morgan fingerprint density at radius 2 is 0.620 bits per heavy atom. The third-order valence-electron chi connectivity index (χ3n) is 16.5. The molecule has 11 rings (SSSR count). The van der Waals surface area contributed by atoms with Gasteiger partial charge in [-0.25, -0.2) is 0 Å². The molecule has 3 N–H and O–H groups in total. The fourth-order valence-corrected chi connectivity index (χ4v) is 11.8. The van der Waals surface area contributed by atoms with E-state index in [0.717, 1.165) is 44.5 Å². The number of benzene rings is 8. The zero-order chi connectivity index (χ0) is 63.1. The summed E-state index contributed by atoms with van der Waals surface area (Å²) in [6.45, 7) is -0.0133. The first-order valence-electron chi connectivity index (χ1n) is 31.2. The monoisotopic (exact) mass is 1250 g/mol. The lowest BCUT2D eigenvalue weighted by Crippen LogP contribution is -2.69. The quantitative estimate of drug-likeness (QED) is 0.0209. The Bertz CT molecular complexity index is 3410. The summed E-state index contributed by atoms with van der Waals surface area (Å²) in [6, 6.07) is 75.3. The van der Waals surface area contributed by atoms with Gasteiger partial charge in [0.25, 0.3) is 0 Å². The molecule has 3 aliphatic rings. The van der Waals surface area contributed by atoms with E-state index in [9.17, 15) is 20.9 Å². The van der Waals surface area contributed by atoms with Gasteiger partial charge in [0.05, 0.1) is 66.1 Å². The van der Waals surface area contributed by atoms with E-state index in [-0.39, 0.29) is 59.5 Å². The molecule has 2 heterocycles. The first-order valence-corrected chi connectivity index (χ1v) is 31.2. The van der Waals surface area contributed by atoms with E-state index in [1.54, 1.807) is 0 Å². The van der Waals surface area contributed by atoms with Gasteiger partial charge in [0.15, 0.2) is 12.6 Å². The van der Waals surface area contributed by atoms with Crippen molar-refractivity contribution in [1.82, 2.24) is 0 Å². The Hall–Kier alpha value is -7.53. The van der Waals surface area contributed by atoms with Gasteiger partial charge in [0.1, 0.15) is 85.4 Å². The average Bonchev–Trinajstić information content (AvgIpc) is 0.856. The van der Waals surface area contributed by atoms with Crippen molar-refractivity contribution in [3.8, 4) is 0 Å². The van der Waals surface area contributed by atoms with Crippen molar-refractivity contribution >= 4 is 0 Å². The molecular weight excluding hydrogens is 1170 g/mol. The summed E-state index contributed by atoms with van der Waals surface area (Å²) in [4.78, 5) is 3.40. The lowest BCUT2D eigenvalue weighted by atomic mass is 9.83. The maximum atomic E-state index is 12.7. The van der Waals surface area contributed by atoms with Crippen LogP contribution < -0.4 is 0 Å². The first-order chi connectivity index (χ1) is 45.4. The number of azide groups is 1. The summed E-state index contributed by atoms with van der Waals surface area (Å²) in [6.07, 6.45) is -18.8. The molecule has 1 saturated carbocycles. The SMILES string of the molecule is [N-]=[N+]=N[C@H]1[C@@H](O[C@@H]2[C@@H](O)[C@@H](O)[C@@H](OCc3ccccc3)[C@H](OCc3ccccc3)[C@H]2OCc2ccccc2)O[C@H](COCc2ccccc2)[C@@H](O[C@H]2O[C@H](CO)[C@@H](OCc3ccccc3)[C@H](OCc3ccccc3)[C@@H]2OCc2ccccc2)[C@@H]1OCc1ccccc1. The summed E-state index contributed by atoms with van der Waals surface area (Å²) >= 11 is 0. The minimum Gasteiger partial charge on any atom is -0.394 e. The van der Waals surface area contributed by atoms with Gasteiger partial charge in [-0.1, -0.05) is 248 Å². The van der Waals surface area contributed by atoms with E-state index in [1.165, 1.54) is 0 Å². The molecule has 0 aromatic heterocycles. The van der Waals surface area contributed by atoms with Gasteiger partial charge < -0.3 is 72.2 Å². The first kappa shape index (κ1) is 65.9. The van der Waals surface area contributed by atoms with E-state index in [2.05, 4.69) is 10.0 Å². The van der Waals surface area contributed by atoms with Crippen LogP contribution in [-0.4, -0.2) is 127 Å². The van der Waals surface area contributed by atoms with Crippen molar-refractivity contribution in [2.45, 2.75) is 151 Å². The molecule has 0 amide bonds. The Morgan fingerprint density at radius 3 is 1.00 bits per heavy atom. The van der Waals surface area contributed by atoms with Crippen LogP contribution in [0.5, 0.6) is 0 Å². The van der Waals surface area contributed by atoms with Crippen LogP contribution in [0, 0.1) is 0 Å². The van der Waals surface area contributed by atoms with Crippen molar-refractivity contribution < 1.29 is 72.2 Å². The number of hydrogen-bond donors (Lipinski definition) is 3. The van der Waals surface area contributed by atoms with Crippen LogP contribution in [0.4, 0.5) is 0 Å². The molecule has 0 radical (unpaired) electrons. The predicted octanol–water partition coefficient (Wildman–Crippen LogP) is 10.9. The molecule has 1 aliphatic carbocycles. The van der Waals surface area contributed by atoms with Crippen LogP contribution in [0.1, 0.15) is 44.5 Å². The Balaban J connectivity index is 0.986. The molecule has 2 saturated heterocycles. The molecule has 0 unspecified atom stereocenters. The minimum atomic E-state index is -1.72. The summed E-state index contributed by atoms with van der Waals surface area (Å²) in [5.74, 6) is 0. The van der Waals surface area contributed by atoms with Gasteiger partial charge >= 0.3 is 0 Å². The van der Waals surface area contributed by atoms with Crippen LogP contribution in [0.3, 0.4) is 0 Å². The third-order valence-corrected chi connectivity index (χ3v) is 16.5. The summed E-state index contributed by atoms with van der Waals surface area (Å²) in [5.41, 5.74) is 17.5. The van der Waals surface area contributed by atoms with Crippen LogP contribution in [0.15, 0.2) is 248 Å². The summed E-state index contributed by atoms with van der Waals surface area (Å²) < 4.78 is 83.2. The second-order valence-corrected chi connectivity index (χ2v) is 23.0. The number of aliphatic hydroxyl groups excluding tert-OH is 3. The van der Waals surface area contributed by atoms with Crippen molar-refractivity contribution in [1.29, 1.82) is 0 Å². The molecular formula is C74H79N3O15. The van der Waals surface area contributed by atoms with E-state index in [0.29, 0.717) is 0 Å². The van der Waals surface area contributed by atoms with Crippen molar-refractivity contribution in [2.75, 3.05) is 13.2 Å². The molecule has 0 spiro atoms. The molecule has 480 valence electrons. The molecule has 18 nitrogen and oxygen atoms in total. The fourth-order valence-electron chi connectivity index (χ4n) is 11.8. The van der Waals surface area contributed by atoms with Gasteiger partial charge in [0.2, 0.25) is 0 Å². The number of rotatable bonds is 31. The summed E-state index contributed by atoms with van der Waals surface area (Å²) in [7, 11) is 0. The molecule has 2 aliphatic heterocycles. The van der Waals surface area contributed by atoms with Gasteiger partial charge in [-0.05, 0) is 50.0 Å². The highest BCUT2D eigenvalue weighted by molar-refractivity contribution is 5.20. The highest BCUT2D eigenvalue weighted by Crippen LogP contribution is 2.40. The maximum absolute atomic E-state index is 12.7. The largest absolute Gasteiger partial charge is 0.394 e. The zero-order valence-corrected chi connectivity index (χ0v) is 51.0. The summed E-state index contributed by atoms with van der Waals surface area (Å²) in [5, 5.41) is 41.1. The fraction of sp³-hybridized carbons (Fsp3) is 0.351. The van der Waals surface area contributed by atoms with Crippen molar-refractivity contribution in [3.63, 3.8) is 0 Å². The van der Waals surface area contributed by atoms with Crippen LogP contribution in [0.25, 0.3) is 10.4 Å². The number of nitrogens with zero attached hydrogens (tertiary/aromatic N) is 3. The normalized spacial score (nSPS) is 27.2. The number of aliphatic hydroxyl groups is 3. The topological polar surface area (TPSA) is 220 Å². The molecule has 8 aromatic rings. The van der Waals surface area contributed by atoms with Crippen LogP contribution in [0.2, 0.25) is 0 Å². The highest BCUT2D eigenvalue weighted by Gasteiger charge is 2.58. The van der Waals surface area contributed by atoms with Gasteiger partial charge in [0, 0.05) is 4.91 Å². The Kier molecular flexibility index (Phi) is 24.7. The third kappa shape index (κ3) is 18.0. The molecule has 18 heteroatoms. The lowest BCUT2D eigenvalue weighted by molar-refractivity contribution is -0.372. The predicted molar refractivity (Wildman–Crippen MR) is 340 cm³/mol. The lowest BCUT2D eigenvalue weighted by Gasteiger charge is -2.51. The van der Waals surface area contributed by atoms with Crippen LogP contribution in [-0.2, 0) is 110 Å². The molecule has 0 bridgehead atoms. The number of ether oxygens (including phenoxy) is 12. The molecule has 92 heavy (non-hydrogen) atoms. The van der Waals surface area contributed by atoms with E-state index < -0.39 is 105 Å². The molecule has 8 aromatic carbocycles. The standard InChI is InChI=1S/C74H79N3O15/c75-77-76-61-66(83-44-53-29-13-3-14-30-53)65(91-74-72(88-49-58-39-23-8-24-40-58)69(85-46-55-33-17-5-18-34-55)64(59(41-78)89-74)82-43-52-27-11-2-12-28-52)60(50-81-42-51-25-9-1-10-26-51)90-73(61)92-68-63(80)62(79)67(84-45-54-31-15-4-16-32-54)70(86-47-56-35-19-6-20-36-56)71(68)87-48-57-37-21-7-22-38-57/h1-40,59-74,78-80H,41-50H2/t59-,60-,61-,62-,63+,64-,65-,66-,67-,68-,69+,70+,71+,72+,73-,74-/m1/s1. The highest BCUT2D eigenvalue weighted by atomic mass is 16.8. The number of hydrogen-bond acceptors (Lipinski definition) is 16. The zero-order valence-electron chi connectivity index (χ0n) is 51.0. The smallest absolute Gasteiger partial charge is 0.187 e. The molecule has 3 fully saturated rings. The van der Waals surface area contributed by atoms with Crippen molar-refractivity contribution in [3.05, 3.63) is 298 Å². The van der Waals surface area contributed by atoms with Crippen molar-refractivity contribution in [2.24, 2.45) is 5.11 Å². The van der Waals surface area contributed by atoms with E-state index in [1.807, 2.05) is 243 Å². The Labute approximate surface area is 536 Å².